The van der Waals surface area contributed by atoms with Gasteiger partial charge in [0.25, 0.3) is 5.91 Å². The Kier molecular flexibility index (Phi) is 3.33. The molecule has 0 aliphatic carbocycles. The molecule has 0 unspecified atom stereocenters. The summed E-state index contributed by atoms with van der Waals surface area (Å²) < 4.78 is 0. The monoisotopic (exact) mass is 225 g/mol. The number of nitrogens with zero attached hydrogens (tertiary/aromatic N) is 2. The quantitative estimate of drug-likeness (QED) is 0.815. The Morgan fingerprint density at radius 2 is 2.33 bits per heavy atom. The second-order valence-electron chi connectivity index (χ2n) is 3.84. The minimum absolute atomic E-state index is 0.0618. The molecular formula is C10H15N3OS. The summed E-state index contributed by atoms with van der Waals surface area (Å²) in [5.41, 5.74) is 7.87. The maximum Gasteiger partial charge on any atom is 0.273 e. The van der Waals surface area contributed by atoms with Crippen molar-refractivity contribution in [3.05, 3.63) is 16.6 Å². The van der Waals surface area contributed by atoms with Gasteiger partial charge in [0.05, 0.1) is 5.51 Å². The Balaban J connectivity index is 1.93. The number of carbonyl (C=O) groups is 1. The first-order valence-electron chi connectivity index (χ1n) is 5.19. The van der Waals surface area contributed by atoms with Gasteiger partial charge in [-0.3, -0.25) is 4.79 Å². The lowest BCUT2D eigenvalue weighted by Gasteiger charge is -2.30. The molecule has 0 spiro atoms. The lowest BCUT2D eigenvalue weighted by molar-refractivity contribution is 0.0688. The molecular weight excluding hydrogens is 210 g/mol. The van der Waals surface area contributed by atoms with E-state index in [0.717, 1.165) is 32.5 Å². The summed E-state index contributed by atoms with van der Waals surface area (Å²) in [6.07, 6.45) is 2.04. The average molecular weight is 225 g/mol. The van der Waals surface area contributed by atoms with E-state index >= 15 is 0 Å². The van der Waals surface area contributed by atoms with Gasteiger partial charge in [-0.25, -0.2) is 4.98 Å². The normalized spacial score (nSPS) is 18.1. The summed E-state index contributed by atoms with van der Waals surface area (Å²) >= 11 is 1.46. The van der Waals surface area contributed by atoms with Gasteiger partial charge >= 0.3 is 0 Å². The molecule has 1 saturated heterocycles. The smallest absolute Gasteiger partial charge is 0.273 e. The molecule has 2 rings (SSSR count). The number of amides is 1. The van der Waals surface area contributed by atoms with Crippen molar-refractivity contribution in [3.63, 3.8) is 0 Å². The summed E-state index contributed by atoms with van der Waals surface area (Å²) in [5, 5.41) is 1.80. The predicted octanol–water partition coefficient (Wildman–Crippen LogP) is 0.954. The van der Waals surface area contributed by atoms with Gasteiger partial charge in [-0.15, -0.1) is 11.3 Å². The molecule has 1 amide bonds. The van der Waals surface area contributed by atoms with Crippen LogP contribution in [0.15, 0.2) is 10.9 Å². The van der Waals surface area contributed by atoms with E-state index in [-0.39, 0.29) is 5.91 Å². The van der Waals surface area contributed by atoms with Crippen molar-refractivity contribution in [1.29, 1.82) is 0 Å². The molecule has 0 radical (unpaired) electrons. The van der Waals surface area contributed by atoms with E-state index in [4.69, 9.17) is 5.73 Å². The second kappa shape index (κ2) is 4.72. The summed E-state index contributed by atoms with van der Waals surface area (Å²) in [6, 6.07) is 0. The van der Waals surface area contributed by atoms with E-state index < -0.39 is 0 Å². The number of rotatable bonds is 2. The largest absolute Gasteiger partial charge is 0.337 e. The van der Waals surface area contributed by atoms with E-state index in [1.54, 1.807) is 10.9 Å². The molecule has 2 N–H and O–H groups in total. The van der Waals surface area contributed by atoms with E-state index in [2.05, 4.69) is 4.98 Å². The maximum atomic E-state index is 11.9. The van der Waals surface area contributed by atoms with Crippen LogP contribution in [0.3, 0.4) is 0 Å². The van der Waals surface area contributed by atoms with E-state index in [1.807, 2.05) is 4.90 Å². The molecule has 0 saturated carbocycles. The van der Waals surface area contributed by atoms with Gasteiger partial charge in [-0.2, -0.15) is 0 Å². The molecule has 0 atom stereocenters. The number of piperidine rings is 1. The molecule has 4 nitrogen and oxygen atoms in total. The fraction of sp³-hybridized carbons (Fsp3) is 0.600. The molecule has 1 fully saturated rings. The molecule has 15 heavy (non-hydrogen) atoms. The van der Waals surface area contributed by atoms with Crippen molar-refractivity contribution in [3.8, 4) is 0 Å². The van der Waals surface area contributed by atoms with E-state index in [1.165, 1.54) is 11.3 Å². The number of carbonyl (C=O) groups excluding carboxylic acids is 1. The van der Waals surface area contributed by atoms with E-state index in [9.17, 15) is 4.79 Å². The predicted molar refractivity (Wildman–Crippen MR) is 59.8 cm³/mol. The SMILES string of the molecule is NCC1CCN(C(=O)c2cscn2)CC1. The van der Waals surface area contributed by atoms with Crippen LogP contribution in [-0.4, -0.2) is 35.4 Å². The molecule has 82 valence electrons. The zero-order valence-electron chi connectivity index (χ0n) is 8.56. The van der Waals surface area contributed by atoms with Gasteiger partial charge in [0.2, 0.25) is 0 Å². The van der Waals surface area contributed by atoms with Crippen molar-refractivity contribution in [1.82, 2.24) is 9.88 Å². The average Bonchev–Trinajstić information content (AvgIpc) is 2.82. The van der Waals surface area contributed by atoms with Crippen molar-refractivity contribution in [2.75, 3.05) is 19.6 Å². The second-order valence-corrected chi connectivity index (χ2v) is 4.56. The first-order chi connectivity index (χ1) is 7.31. The van der Waals surface area contributed by atoms with Gasteiger partial charge < -0.3 is 10.6 Å². The van der Waals surface area contributed by atoms with Gasteiger partial charge in [-0.05, 0) is 25.3 Å². The fourth-order valence-corrected chi connectivity index (χ4v) is 2.38. The lowest BCUT2D eigenvalue weighted by Crippen LogP contribution is -2.40. The fourth-order valence-electron chi connectivity index (χ4n) is 1.85. The minimum Gasteiger partial charge on any atom is -0.337 e. The molecule has 0 bridgehead atoms. The van der Waals surface area contributed by atoms with Crippen LogP contribution >= 0.6 is 11.3 Å². The topological polar surface area (TPSA) is 59.2 Å². The minimum atomic E-state index is 0.0618. The van der Waals surface area contributed by atoms with Crippen LogP contribution in [0.5, 0.6) is 0 Å². The zero-order valence-corrected chi connectivity index (χ0v) is 9.37. The molecule has 1 aliphatic heterocycles. The molecule has 1 aromatic rings. The number of aromatic nitrogens is 1. The van der Waals surface area contributed by atoms with Gasteiger partial charge in [0.15, 0.2) is 0 Å². The summed E-state index contributed by atoms with van der Waals surface area (Å²) in [5.74, 6) is 0.649. The van der Waals surface area contributed by atoms with Crippen molar-refractivity contribution >= 4 is 17.2 Å². The van der Waals surface area contributed by atoms with Crippen LogP contribution in [0.1, 0.15) is 23.3 Å². The van der Waals surface area contributed by atoms with Crippen LogP contribution in [0, 0.1) is 5.92 Å². The first kappa shape index (κ1) is 10.6. The highest BCUT2D eigenvalue weighted by molar-refractivity contribution is 7.07. The zero-order chi connectivity index (χ0) is 10.7. The maximum absolute atomic E-state index is 11.9. The Bertz CT molecular complexity index is 317. The number of hydrogen-bond acceptors (Lipinski definition) is 4. The Hall–Kier alpha value is -0.940. The van der Waals surface area contributed by atoms with Crippen LogP contribution in [0.25, 0.3) is 0 Å². The van der Waals surface area contributed by atoms with Gasteiger partial charge in [0, 0.05) is 18.5 Å². The number of thiazole rings is 1. The standard InChI is InChI=1S/C10H15N3OS/c11-5-8-1-3-13(4-2-8)10(14)9-6-15-7-12-9/h6-8H,1-5,11H2. The number of likely N-dealkylation sites (tertiary alicyclic amines) is 1. The van der Waals surface area contributed by atoms with Crippen LogP contribution in [0.2, 0.25) is 0 Å². The molecule has 0 aromatic carbocycles. The van der Waals surface area contributed by atoms with Gasteiger partial charge in [0.1, 0.15) is 5.69 Å². The number of hydrogen-bond donors (Lipinski definition) is 1. The third-order valence-corrected chi connectivity index (χ3v) is 3.47. The first-order valence-corrected chi connectivity index (χ1v) is 6.13. The summed E-state index contributed by atoms with van der Waals surface area (Å²) in [7, 11) is 0. The third kappa shape index (κ3) is 2.35. The Morgan fingerprint density at radius 1 is 1.60 bits per heavy atom. The highest BCUT2D eigenvalue weighted by Gasteiger charge is 2.23. The van der Waals surface area contributed by atoms with Gasteiger partial charge in [-0.1, -0.05) is 0 Å². The van der Waals surface area contributed by atoms with Crippen LogP contribution in [0.4, 0.5) is 0 Å². The molecule has 1 aliphatic rings. The summed E-state index contributed by atoms with van der Waals surface area (Å²) in [4.78, 5) is 17.8. The molecule has 2 heterocycles. The van der Waals surface area contributed by atoms with Crippen molar-refractivity contribution in [2.45, 2.75) is 12.8 Å². The highest BCUT2D eigenvalue weighted by atomic mass is 32.1. The Labute approximate surface area is 93.1 Å². The number of nitrogens with two attached hydrogens (primary N) is 1. The van der Waals surface area contributed by atoms with Crippen LogP contribution in [-0.2, 0) is 0 Å². The lowest BCUT2D eigenvalue weighted by atomic mass is 9.97. The third-order valence-electron chi connectivity index (χ3n) is 2.89. The summed E-state index contributed by atoms with van der Waals surface area (Å²) in [6.45, 7) is 2.37. The van der Waals surface area contributed by atoms with E-state index in [0.29, 0.717) is 11.6 Å². The van der Waals surface area contributed by atoms with Crippen molar-refractivity contribution < 1.29 is 4.79 Å². The molecule has 5 heteroatoms. The molecule has 1 aromatic heterocycles. The Morgan fingerprint density at radius 3 is 2.87 bits per heavy atom. The van der Waals surface area contributed by atoms with Crippen LogP contribution < -0.4 is 5.73 Å². The van der Waals surface area contributed by atoms with Crippen molar-refractivity contribution in [2.24, 2.45) is 11.7 Å². The highest BCUT2D eigenvalue weighted by Crippen LogP contribution is 2.17.